The number of carbonyl (C=O) groups excluding carboxylic acids is 1. The van der Waals surface area contributed by atoms with Crippen molar-refractivity contribution in [2.75, 3.05) is 13.2 Å². The van der Waals surface area contributed by atoms with Gasteiger partial charge in [0.2, 0.25) is 5.91 Å². The molecule has 1 aromatic heterocycles. The maximum Gasteiger partial charge on any atom is 0.223 e. The van der Waals surface area contributed by atoms with Crippen LogP contribution in [0.1, 0.15) is 42.4 Å². The Balaban J connectivity index is 1.59. The fraction of sp³-hybridized carbons (Fsp3) is 0.500. The molecule has 2 aliphatic rings. The van der Waals surface area contributed by atoms with Crippen molar-refractivity contribution in [2.24, 2.45) is 5.92 Å². The van der Waals surface area contributed by atoms with E-state index in [1.165, 1.54) is 5.56 Å². The standard InChI is InChI=1S/C20H25N3O2/c1-15-12-21-19-14-23(20(24)11-16-7-9-25-10-8-16)18(13-22(15)19)17-5-3-2-4-6-17/h2-6,12,16,18H,7-11,13-14H2,1H3. The highest BCUT2D eigenvalue weighted by molar-refractivity contribution is 5.77. The van der Waals surface area contributed by atoms with Gasteiger partial charge in [-0.05, 0) is 31.2 Å². The van der Waals surface area contributed by atoms with Crippen molar-refractivity contribution >= 4 is 5.91 Å². The van der Waals surface area contributed by atoms with E-state index in [4.69, 9.17) is 4.74 Å². The number of ether oxygens (including phenoxy) is 1. The zero-order valence-corrected chi connectivity index (χ0v) is 14.7. The van der Waals surface area contributed by atoms with E-state index in [0.29, 0.717) is 18.9 Å². The summed E-state index contributed by atoms with van der Waals surface area (Å²) in [6.07, 6.45) is 4.50. The number of nitrogens with zero attached hydrogens (tertiary/aromatic N) is 3. The van der Waals surface area contributed by atoms with Gasteiger partial charge in [-0.2, -0.15) is 0 Å². The van der Waals surface area contributed by atoms with Gasteiger partial charge in [0.1, 0.15) is 5.82 Å². The molecule has 1 amide bonds. The van der Waals surface area contributed by atoms with Gasteiger partial charge in [0, 0.05) is 38.1 Å². The Morgan fingerprint density at radius 1 is 1.24 bits per heavy atom. The quantitative estimate of drug-likeness (QED) is 0.863. The first-order valence-electron chi connectivity index (χ1n) is 9.15. The summed E-state index contributed by atoms with van der Waals surface area (Å²) in [5.74, 6) is 1.68. The fourth-order valence-corrected chi connectivity index (χ4v) is 3.96. The van der Waals surface area contributed by atoms with Crippen LogP contribution in [0, 0.1) is 12.8 Å². The summed E-state index contributed by atoms with van der Waals surface area (Å²) in [4.78, 5) is 19.7. The molecule has 0 aliphatic carbocycles. The normalized spacial score (nSPS) is 21.2. The predicted octanol–water partition coefficient (Wildman–Crippen LogP) is 3.09. The van der Waals surface area contributed by atoms with Crippen molar-refractivity contribution in [1.82, 2.24) is 14.5 Å². The van der Waals surface area contributed by atoms with Crippen LogP contribution in [0.5, 0.6) is 0 Å². The number of imidazole rings is 1. The first kappa shape index (κ1) is 16.3. The van der Waals surface area contributed by atoms with Gasteiger partial charge in [-0.25, -0.2) is 4.98 Å². The lowest BCUT2D eigenvalue weighted by Crippen LogP contribution is -2.42. The minimum Gasteiger partial charge on any atom is -0.381 e. The van der Waals surface area contributed by atoms with Crippen molar-refractivity contribution in [3.63, 3.8) is 0 Å². The highest BCUT2D eigenvalue weighted by Crippen LogP contribution is 2.32. The number of rotatable bonds is 3. The molecule has 132 valence electrons. The molecule has 0 bridgehead atoms. The van der Waals surface area contributed by atoms with E-state index in [-0.39, 0.29) is 11.9 Å². The largest absolute Gasteiger partial charge is 0.381 e. The Kier molecular flexibility index (Phi) is 4.57. The Morgan fingerprint density at radius 2 is 2.00 bits per heavy atom. The van der Waals surface area contributed by atoms with E-state index in [2.05, 4.69) is 28.6 Å². The van der Waals surface area contributed by atoms with Crippen LogP contribution in [0.4, 0.5) is 0 Å². The molecule has 0 spiro atoms. The van der Waals surface area contributed by atoms with Crippen LogP contribution in [-0.2, 0) is 22.6 Å². The zero-order valence-electron chi connectivity index (χ0n) is 14.7. The van der Waals surface area contributed by atoms with Crippen molar-refractivity contribution in [2.45, 2.75) is 45.3 Å². The summed E-state index contributed by atoms with van der Waals surface area (Å²) in [7, 11) is 0. The van der Waals surface area contributed by atoms with Gasteiger partial charge in [-0.1, -0.05) is 30.3 Å². The molecule has 1 unspecified atom stereocenters. The van der Waals surface area contributed by atoms with Crippen LogP contribution in [0.25, 0.3) is 0 Å². The second-order valence-electron chi connectivity index (χ2n) is 7.13. The van der Waals surface area contributed by atoms with E-state index >= 15 is 0 Å². The Morgan fingerprint density at radius 3 is 2.76 bits per heavy atom. The first-order chi connectivity index (χ1) is 12.2. The number of amides is 1. The number of hydrogen-bond acceptors (Lipinski definition) is 3. The molecule has 1 fully saturated rings. The summed E-state index contributed by atoms with van der Waals surface area (Å²) in [6.45, 7) is 5.02. The Hall–Kier alpha value is -2.14. The molecule has 3 heterocycles. The number of benzene rings is 1. The fourth-order valence-electron chi connectivity index (χ4n) is 3.96. The summed E-state index contributed by atoms with van der Waals surface area (Å²) in [5, 5.41) is 0. The lowest BCUT2D eigenvalue weighted by atomic mass is 9.94. The molecule has 0 radical (unpaired) electrons. The van der Waals surface area contributed by atoms with Gasteiger partial charge >= 0.3 is 0 Å². The predicted molar refractivity (Wildman–Crippen MR) is 94.9 cm³/mol. The maximum absolute atomic E-state index is 13.1. The molecule has 1 atom stereocenters. The second kappa shape index (κ2) is 7.00. The highest BCUT2D eigenvalue weighted by atomic mass is 16.5. The highest BCUT2D eigenvalue weighted by Gasteiger charge is 2.33. The third kappa shape index (κ3) is 3.33. The molecule has 0 saturated carbocycles. The number of carbonyl (C=O) groups is 1. The molecule has 2 aromatic rings. The molecular weight excluding hydrogens is 314 g/mol. The van der Waals surface area contributed by atoms with E-state index in [0.717, 1.165) is 44.1 Å². The van der Waals surface area contributed by atoms with Crippen molar-refractivity contribution in [1.29, 1.82) is 0 Å². The molecular formula is C20H25N3O2. The molecule has 5 heteroatoms. The number of aryl methyl sites for hydroxylation is 1. The van der Waals surface area contributed by atoms with Crippen LogP contribution in [0.15, 0.2) is 36.5 Å². The van der Waals surface area contributed by atoms with Crippen molar-refractivity contribution in [3.05, 3.63) is 53.6 Å². The monoisotopic (exact) mass is 339 g/mol. The molecule has 1 saturated heterocycles. The Bertz CT molecular complexity index is 735. The number of aromatic nitrogens is 2. The summed E-state index contributed by atoms with van der Waals surface area (Å²) in [6, 6.07) is 10.4. The van der Waals surface area contributed by atoms with E-state index in [9.17, 15) is 4.79 Å². The lowest BCUT2D eigenvalue weighted by Gasteiger charge is -2.38. The van der Waals surface area contributed by atoms with Gasteiger partial charge in [0.15, 0.2) is 0 Å². The van der Waals surface area contributed by atoms with Gasteiger partial charge < -0.3 is 14.2 Å². The molecule has 4 rings (SSSR count). The van der Waals surface area contributed by atoms with Crippen molar-refractivity contribution < 1.29 is 9.53 Å². The minimum atomic E-state index is 0.0777. The third-order valence-corrected chi connectivity index (χ3v) is 5.49. The van der Waals surface area contributed by atoms with Gasteiger partial charge in [0.05, 0.1) is 12.6 Å². The van der Waals surface area contributed by atoms with E-state index in [1.807, 2.05) is 29.3 Å². The average molecular weight is 339 g/mol. The average Bonchev–Trinajstić information content (AvgIpc) is 3.02. The zero-order chi connectivity index (χ0) is 17.2. The second-order valence-corrected chi connectivity index (χ2v) is 7.13. The third-order valence-electron chi connectivity index (χ3n) is 5.49. The molecule has 25 heavy (non-hydrogen) atoms. The van der Waals surface area contributed by atoms with Crippen molar-refractivity contribution in [3.8, 4) is 0 Å². The first-order valence-corrected chi connectivity index (χ1v) is 9.15. The van der Waals surface area contributed by atoms with Crippen LogP contribution in [0.3, 0.4) is 0 Å². The smallest absolute Gasteiger partial charge is 0.223 e. The summed E-state index contributed by atoms with van der Waals surface area (Å²) in [5.41, 5.74) is 2.36. The topological polar surface area (TPSA) is 47.4 Å². The maximum atomic E-state index is 13.1. The molecule has 0 N–H and O–H groups in total. The number of hydrogen-bond donors (Lipinski definition) is 0. The lowest BCUT2D eigenvalue weighted by molar-refractivity contribution is -0.137. The number of fused-ring (bicyclic) bond motifs is 1. The van der Waals surface area contributed by atoms with Gasteiger partial charge in [0.25, 0.3) is 0 Å². The van der Waals surface area contributed by atoms with Crippen LogP contribution < -0.4 is 0 Å². The minimum absolute atomic E-state index is 0.0777. The Labute approximate surface area is 148 Å². The van der Waals surface area contributed by atoms with Gasteiger partial charge in [-0.3, -0.25) is 4.79 Å². The summed E-state index contributed by atoms with van der Waals surface area (Å²) < 4.78 is 7.67. The van der Waals surface area contributed by atoms with Crippen LogP contribution >= 0.6 is 0 Å². The van der Waals surface area contributed by atoms with Crippen LogP contribution in [0.2, 0.25) is 0 Å². The summed E-state index contributed by atoms with van der Waals surface area (Å²) >= 11 is 0. The molecule has 1 aromatic carbocycles. The van der Waals surface area contributed by atoms with Gasteiger partial charge in [-0.15, -0.1) is 0 Å². The SMILES string of the molecule is Cc1cnc2n1CC(c1ccccc1)N(C(=O)CC1CCOCC1)C2. The van der Waals surface area contributed by atoms with E-state index < -0.39 is 0 Å². The van der Waals surface area contributed by atoms with Crippen LogP contribution in [-0.4, -0.2) is 33.6 Å². The van der Waals surface area contributed by atoms with E-state index in [1.54, 1.807) is 0 Å². The molecule has 5 nitrogen and oxygen atoms in total. The molecule has 2 aliphatic heterocycles.